The number of aliphatic hydroxyl groups is 1. The van der Waals surface area contributed by atoms with Crippen molar-refractivity contribution in [3.63, 3.8) is 0 Å². The van der Waals surface area contributed by atoms with Crippen LogP contribution in [0.5, 0.6) is 0 Å². The van der Waals surface area contributed by atoms with Crippen LogP contribution >= 0.6 is 22.7 Å². The molecular weight excluding hydrogens is 616 g/mol. The average molecular weight is 661 g/mol. The molecule has 3 aromatic rings. The minimum Gasteiger partial charge on any atom is -0.460 e. The molecule has 11 heteroatoms. The topological polar surface area (TPSA) is 88.1 Å². The highest BCUT2D eigenvalue weighted by molar-refractivity contribution is 7.12. The highest BCUT2D eigenvalue weighted by Gasteiger charge is 2.45. The molecule has 1 aliphatic carbocycles. The number of nitrogens with zero attached hydrogens (tertiary/aromatic N) is 1. The molecule has 4 rings (SSSR count). The van der Waals surface area contributed by atoms with Gasteiger partial charge in [0.1, 0.15) is 11.9 Å². The molecule has 1 aromatic carbocycles. The summed E-state index contributed by atoms with van der Waals surface area (Å²) >= 11 is 2.65. The summed E-state index contributed by atoms with van der Waals surface area (Å²) in [6.07, 6.45) is 2.91. The molecule has 0 saturated heterocycles. The standard InChI is InChI=1S/C33H45FN2O5S2Si/c1-32(2,3)44(5,6)40-22-23-11-16-27(26(34)21-23)35-30(37)17-18-36(4)24-12-14-25(15-13-24)41-31(38)33(39,28-9-7-19-42-28)29-10-8-20-43-29/h7-11,16,19-21,24-25,39H,12-15,17-18,22H2,1-6H3,(H,35,37). The fourth-order valence-corrected chi connectivity index (χ4v) is 7.71. The minimum absolute atomic E-state index is 0.0696. The van der Waals surface area contributed by atoms with Crippen molar-refractivity contribution in [2.24, 2.45) is 0 Å². The van der Waals surface area contributed by atoms with E-state index in [1.54, 1.807) is 24.3 Å². The van der Waals surface area contributed by atoms with Crippen LogP contribution in [0, 0.1) is 5.82 Å². The summed E-state index contributed by atoms with van der Waals surface area (Å²) < 4.78 is 26.9. The third kappa shape index (κ3) is 8.24. The number of carbonyl (C=O) groups excluding carboxylic acids is 2. The predicted molar refractivity (Wildman–Crippen MR) is 178 cm³/mol. The van der Waals surface area contributed by atoms with Gasteiger partial charge in [0.15, 0.2) is 8.32 Å². The van der Waals surface area contributed by atoms with Crippen molar-refractivity contribution < 1.29 is 28.2 Å². The van der Waals surface area contributed by atoms with Gasteiger partial charge in [-0.05, 0) is 91.5 Å². The van der Waals surface area contributed by atoms with Crippen LogP contribution in [0.1, 0.15) is 68.2 Å². The highest BCUT2D eigenvalue weighted by atomic mass is 32.1. The maximum atomic E-state index is 14.8. The van der Waals surface area contributed by atoms with Gasteiger partial charge in [0.25, 0.3) is 0 Å². The summed E-state index contributed by atoms with van der Waals surface area (Å²) in [6.45, 7) is 11.7. The van der Waals surface area contributed by atoms with Gasteiger partial charge < -0.3 is 24.5 Å². The van der Waals surface area contributed by atoms with E-state index in [9.17, 15) is 19.1 Å². The largest absolute Gasteiger partial charge is 0.460 e. The maximum absolute atomic E-state index is 14.8. The molecule has 2 N–H and O–H groups in total. The van der Waals surface area contributed by atoms with E-state index < -0.39 is 25.7 Å². The fourth-order valence-electron chi connectivity index (χ4n) is 5.04. The Morgan fingerprint density at radius 2 is 1.66 bits per heavy atom. The molecule has 1 amide bonds. The molecule has 0 spiro atoms. The summed E-state index contributed by atoms with van der Waals surface area (Å²) in [5.41, 5.74) is -0.892. The first-order valence-electron chi connectivity index (χ1n) is 15.1. The zero-order valence-electron chi connectivity index (χ0n) is 26.5. The Morgan fingerprint density at radius 3 is 2.18 bits per heavy atom. The Labute approximate surface area is 269 Å². The van der Waals surface area contributed by atoms with Crippen molar-refractivity contribution in [2.75, 3.05) is 18.9 Å². The third-order valence-electron chi connectivity index (χ3n) is 9.00. The van der Waals surface area contributed by atoms with Crippen molar-refractivity contribution in [1.29, 1.82) is 0 Å². The van der Waals surface area contributed by atoms with Crippen molar-refractivity contribution in [3.05, 3.63) is 74.4 Å². The van der Waals surface area contributed by atoms with Gasteiger partial charge in [-0.3, -0.25) is 4.79 Å². The molecule has 0 aliphatic heterocycles. The van der Waals surface area contributed by atoms with Crippen molar-refractivity contribution >= 4 is 48.6 Å². The summed E-state index contributed by atoms with van der Waals surface area (Å²) in [7, 11) is 0.0317. The summed E-state index contributed by atoms with van der Waals surface area (Å²) in [4.78, 5) is 29.2. The van der Waals surface area contributed by atoms with Crippen LogP contribution in [0.3, 0.4) is 0 Å². The lowest BCUT2D eigenvalue weighted by atomic mass is 9.91. The molecule has 0 unspecified atom stereocenters. The quantitative estimate of drug-likeness (QED) is 0.154. The number of thiophene rings is 2. The Kier molecular flexibility index (Phi) is 11.2. The van der Waals surface area contributed by atoms with Gasteiger partial charge >= 0.3 is 5.97 Å². The number of esters is 1. The van der Waals surface area contributed by atoms with E-state index in [2.05, 4.69) is 44.1 Å². The minimum atomic E-state index is -1.95. The van der Waals surface area contributed by atoms with Crippen molar-refractivity contribution in [1.82, 2.24) is 4.90 Å². The van der Waals surface area contributed by atoms with Gasteiger partial charge in [-0.1, -0.05) is 39.0 Å². The van der Waals surface area contributed by atoms with Crippen molar-refractivity contribution in [2.45, 2.75) is 95.4 Å². The molecule has 7 nitrogen and oxygen atoms in total. The first-order valence-corrected chi connectivity index (χ1v) is 19.8. The maximum Gasteiger partial charge on any atom is 0.349 e. The number of ether oxygens (including phenoxy) is 1. The second kappa shape index (κ2) is 14.3. The van der Waals surface area contributed by atoms with Gasteiger partial charge in [0.05, 0.1) is 22.0 Å². The molecule has 1 saturated carbocycles. The molecule has 0 bridgehead atoms. The Hall–Kier alpha value is -2.41. The monoisotopic (exact) mass is 660 g/mol. The number of halogens is 1. The van der Waals surface area contributed by atoms with E-state index in [4.69, 9.17) is 9.16 Å². The van der Waals surface area contributed by atoms with Crippen LogP contribution in [0.15, 0.2) is 53.2 Å². The smallest absolute Gasteiger partial charge is 0.349 e. The number of hydrogen-bond donors (Lipinski definition) is 2. The van der Waals surface area contributed by atoms with E-state index in [1.165, 1.54) is 28.7 Å². The van der Waals surface area contributed by atoms with E-state index in [-0.39, 0.29) is 35.2 Å². The van der Waals surface area contributed by atoms with Crippen LogP contribution in [0.4, 0.5) is 10.1 Å². The van der Waals surface area contributed by atoms with E-state index in [0.29, 0.717) is 35.7 Å². The van der Waals surface area contributed by atoms with E-state index >= 15 is 0 Å². The van der Waals surface area contributed by atoms with Crippen LogP contribution in [-0.2, 0) is 31.0 Å². The molecule has 2 heterocycles. The van der Waals surface area contributed by atoms with Gasteiger partial charge in [-0.15, -0.1) is 22.7 Å². The Bertz CT molecular complexity index is 1350. The fraction of sp³-hybridized carbons (Fsp3) is 0.515. The average Bonchev–Trinajstić information content (AvgIpc) is 3.71. The first kappa shape index (κ1) is 34.5. The highest BCUT2D eigenvalue weighted by Crippen LogP contribution is 2.39. The number of hydrogen-bond acceptors (Lipinski definition) is 8. The molecule has 1 aliphatic rings. The first-order chi connectivity index (χ1) is 20.7. The second-order valence-electron chi connectivity index (χ2n) is 13.1. The van der Waals surface area contributed by atoms with Gasteiger partial charge in [-0.2, -0.15) is 0 Å². The Morgan fingerprint density at radius 1 is 1.05 bits per heavy atom. The van der Waals surface area contributed by atoms with Crippen LogP contribution in [0.2, 0.25) is 18.1 Å². The lowest BCUT2D eigenvalue weighted by molar-refractivity contribution is -0.169. The number of rotatable bonds is 12. The summed E-state index contributed by atoms with van der Waals surface area (Å²) in [6, 6.07) is 12.2. The third-order valence-corrected chi connectivity index (χ3v) is 15.4. The molecule has 0 radical (unpaired) electrons. The number of benzene rings is 1. The number of amides is 1. The van der Waals surface area contributed by atoms with E-state index in [0.717, 1.165) is 18.4 Å². The van der Waals surface area contributed by atoms with Gasteiger partial charge in [0.2, 0.25) is 11.5 Å². The lowest BCUT2D eigenvalue weighted by Gasteiger charge is -2.36. The number of nitrogens with one attached hydrogen (secondary N) is 1. The summed E-state index contributed by atoms with van der Waals surface area (Å²) in [5, 5.41) is 17.9. The zero-order valence-corrected chi connectivity index (χ0v) is 29.2. The Balaban J connectivity index is 1.22. The molecular formula is C33H45FN2O5S2Si. The van der Waals surface area contributed by atoms with Gasteiger partial charge in [0, 0.05) is 19.0 Å². The number of anilines is 1. The number of carbonyl (C=O) groups is 2. The van der Waals surface area contributed by atoms with E-state index in [1.807, 2.05) is 29.9 Å². The molecule has 240 valence electrons. The molecule has 2 aromatic heterocycles. The zero-order chi connectivity index (χ0) is 32.1. The van der Waals surface area contributed by atoms with Crippen molar-refractivity contribution in [3.8, 4) is 0 Å². The molecule has 0 atom stereocenters. The molecule has 1 fully saturated rings. The SMILES string of the molecule is CN(CCC(=O)Nc1ccc(CO[Si](C)(C)C(C)(C)C)cc1F)C1CCC(OC(=O)C(O)(c2cccs2)c2cccs2)CC1. The van der Waals surface area contributed by atoms with Crippen LogP contribution in [-0.4, -0.2) is 55.9 Å². The van der Waals surface area contributed by atoms with Crippen LogP contribution in [0.25, 0.3) is 0 Å². The van der Waals surface area contributed by atoms with Crippen LogP contribution < -0.4 is 5.32 Å². The summed E-state index contributed by atoms with van der Waals surface area (Å²) in [5.74, 6) is -1.36. The normalized spacial score (nSPS) is 17.9. The second-order valence-corrected chi connectivity index (χ2v) is 19.8. The van der Waals surface area contributed by atoms with Gasteiger partial charge in [-0.25, -0.2) is 9.18 Å². The molecule has 44 heavy (non-hydrogen) atoms. The predicted octanol–water partition coefficient (Wildman–Crippen LogP) is 7.52. The lowest BCUT2D eigenvalue weighted by Crippen LogP contribution is -2.42.